The number of aliphatic hydroxyl groups excluding tert-OH is 1. The number of rotatable bonds is 3. The Kier molecular flexibility index (Phi) is 5.62. The second kappa shape index (κ2) is 8.49. The number of thiazole rings is 1. The van der Waals surface area contributed by atoms with Crippen molar-refractivity contribution in [2.24, 2.45) is 0 Å². The number of nitrogens with zero attached hydrogens (tertiary/aromatic N) is 2. The molecular weight excluding hydrogens is 512 g/mol. The Morgan fingerprint density at radius 3 is 2.44 bits per heavy atom. The molecule has 0 bridgehead atoms. The number of carbonyl (C=O) groups is 2. The fourth-order valence-electron chi connectivity index (χ4n) is 4.35. The Morgan fingerprint density at radius 2 is 1.74 bits per heavy atom. The van der Waals surface area contributed by atoms with Crippen molar-refractivity contribution in [1.29, 1.82) is 0 Å². The Bertz CT molecular complexity index is 1500. The number of halogens is 1. The van der Waals surface area contributed by atoms with E-state index < -0.39 is 17.7 Å². The molecule has 170 valence electrons. The molecule has 0 aliphatic carbocycles. The first-order valence-electron chi connectivity index (χ1n) is 10.8. The maximum absolute atomic E-state index is 13.4. The highest BCUT2D eigenvalue weighted by atomic mass is 79.9. The molecule has 34 heavy (non-hydrogen) atoms. The Balaban J connectivity index is 1.75. The van der Waals surface area contributed by atoms with Crippen molar-refractivity contribution in [3.63, 3.8) is 0 Å². The normalized spacial score (nSPS) is 17.6. The minimum atomic E-state index is -0.805. The first-order chi connectivity index (χ1) is 16.2. The summed E-state index contributed by atoms with van der Waals surface area (Å²) in [4.78, 5) is 32.9. The maximum atomic E-state index is 13.4. The van der Waals surface area contributed by atoms with Crippen LogP contribution in [-0.4, -0.2) is 21.8 Å². The van der Waals surface area contributed by atoms with E-state index >= 15 is 0 Å². The lowest BCUT2D eigenvalue weighted by Gasteiger charge is -2.23. The third-order valence-electron chi connectivity index (χ3n) is 5.96. The predicted octanol–water partition coefficient (Wildman–Crippen LogP) is 6.61. The number of benzene rings is 3. The standard InChI is InChI=1S/C27H21BrN2O3S/c1-14-7-9-17(10-8-14)24(31)21-23(18-5-4-6-19(28)13-18)30(26(33)25(21)32)27-29-22-16(3)11-15(2)12-20(22)34-27/h4-13,23,31H,1-3H3. The van der Waals surface area contributed by atoms with E-state index in [1.807, 2.05) is 69.3 Å². The van der Waals surface area contributed by atoms with E-state index in [1.165, 1.54) is 16.2 Å². The average molecular weight is 533 g/mol. The van der Waals surface area contributed by atoms with Gasteiger partial charge < -0.3 is 5.11 Å². The zero-order chi connectivity index (χ0) is 24.1. The van der Waals surface area contributed by atoms with Gasteiger partial charge in [-0.05, 0) is 55.7 Å². The van der Waals surface area contributed by atoms with Crippen LogP contribution in [0.15, 0.2) is 70.7 Å². The first-order valence-corrected chi connectivity index (χ1v) is 12.4. The summed E-state index contributed by atoms with van der Waals surface area (Å²) in [6.07, 6.45) is 0. The minimum Gasteiger partial charge on any atom is -0.507 e. The van der Waals surface area contributed by atoms with Crippen LogP contribution < -0.4 is 4.90 Å². The van der Waals surface area contributed by atoms with Crippen molar-refractivity contribution >= 4 is 60.1 Å². The second-order valence-electron chi connectivity index (χ2n) is 8.52. The number of Topliss-reactive ketones (excluding diaryl/α,β-unsaturated/α-hetero) is 1. The molecule has 0 saturated carbocycles. The van der Waals surface area contributed by atoms with Gasteiger partial charge in [-0.2, -0.15) is 0 Å². The summed E-state index contributed by atoms with van der Waals surface area (Å²) >= 11 is 4.86. The third-order valence-corrected chi connectivity index (χ3v) is 7.45. The fraction of sp³-hybridized carbons (Fsp3) is 0.148. The highest BCUT2D eigenvalue weighted by molar-refractivity contribution is 9.10. The molecule has 1 N–H and O–H groups in total. The fourth-order valence-corrected chi connectivity index (χ4v) is 5.94. The Hall–Kier alpha value is -3.29. The van der Waals surface area contributed by atoms with Crippen LogP contribution in [0.2, 0.25) is 0 Å². The van der Waals surface area contributed by atoms with E-state index in [4.69, 9.17) is 4.98 Å². The number of hydrogen-bond acceptors (Lipinski definition) is 5. The minimum absolute atomic E-state index is 0.0547. The highest BCUT2D eigenvalue weighted by Crippen LogP contribution is 2.45. The molecule has 2 heterocycles. The molecule has 5 rings (SSSR count). The van der Waals surface area contributed by atoms with Gasteiger partial charge in [-0.15, -0.1) is 0 Å². The van der Waals surface area contributed by atoms with Gasteiger partial charge in [-0.1, -0.05) is 75.3 Å². The third kappa shape index (κ3) is 3.75. The molecule has 1 aliphatic rings. The van der Waals surface area contributed by atoms with Crippen molar-refractivity contribution in [3.8, 4) is 0 Å². The highest BCUT2D eigenvalue weighted by Gasteiger charge is 2.48. The van der Waals surface area contributed by atoms with Crippen LogP contribution in [0, 0.1) is 20.8 Å². The topological polar surface area (TPSA) is 70.5 Å². The van der Waals surface area contributed by atoms with E-state index in [1.54, 1.807) is 12.1 Å². The quantitative estimate of drug-likeness (QED) is 0.183. The first kappa shape index (κ1) is 22.5. The number of carbonyl (C=O) groups excluding carboxylic acids is 2. The van der Waals surface area contributed by atoms with Crippen LogP contribution in [0.25, 0.3) is 16.0 Å². The number of aliphatic hydroxyl groups is 1. The van der Waals surface area contributed by atoms with Gasteiger partial charge in [0.2, 0.25) is 0 Å². The van der Waals surface area contributed by atoms with E-state index in [-0.39, 0.29) is 11.3 Å². The van der Waals surface area contributed by atoms with Gasteiger partial charge in [0.1, 0.15) is 5.76 Å². The molecule has 7 heteroatoms. The summed E-state index contributed by atoms with van der Waals surface area (Å²) in [5, 5.41) is 11.7. The van der Waals surface area contributed by atoms with Crippen molar-refractivity contribution in [3.05, 3.63) is 98.5 Å². The molecular formula is C27H21BrN2O3S. The SMILES string of the molecule is Cc1ccc(C(O)=C2C(=O)C(=O)N(c3nc4c(C)cc(C)cc4s3)C2c2cccc(Br)c2)cc1. The summed E-state index contributed by atoms with van der Waals surface area (Å²) in [5.74, 6) is -1.62. The maximum Gasteiger partial charge on any atom is 0.301 e. The molecule has 1 fully saturated rings. The molecule has 3 aromatic carbocycles. The summed E-state index contributed by atoms with van der Waals surface area (Å²) < 4.78 is 1.75. The van der Waals surface area contributed by atoms with E-state index in [9.17, 15) is 14.7 Å². The molecule has 0 radical (unpaired) electrons. The lowest BCUT2D eigenvalue weighted by Crippen LogP contribution is -2.29. The van der Waals surface area contributed by atoms with Gasteiger partial charge >= 0.3 is 5.91 Å². The zero-order valence-electron chi connectivity index (χ0n) is 18.8. The van der Waals surface area contributed by atoms with Gasteiger partial charge in [-0.3, -0.25) is 14.5 Å². The largest absolute Gasteiger partial charge is 0.507 e. The van der Waals surface area contributed by atoms with Gasteiger partial charge in [0.25, 0.3) is 5.78 Å². The van der Waals surface area contributed by atoms with E-state index in [2.05, 4.69) is 15.9 Å². The van der Waals surface area contributed by atoms with Crippen LogP contribution in [0.1, 0.15) is 33.9 Å². The number of hydrogen-bond donors (Lipinski definition) is 1. The van der Waals surface area contributed by atoms with Gasteiger partial charge in [0.15, 0.2) is 5.13 Å². The molecule has 1 aromatic heterocycles. The summed E-state index contributed by atoms with van der Waals surface area (Å²) in [6.45, 7) is 5.94. The number of aromatic nitrogens is 1. The van der Waals surface area contributed by atoms with Crippen LogP contribution in [-0.2, 0) is 9.59 Å². The average Bonchev–Trinajstić information content (AvgIpc) is 3.33. The Labute approximate surface area is 209 Å². The van der Waals surface area contributed by atoms with Crippen molar-refractivity contribution in [2.45, 2.75) is 26.8 Å². The predicted molar refractivity (Wildman–Crippen MR) is 139 cm³/mol. The van der Waals surface area contributed by atoms with Crippen LogP contribution in [0.4, 0.5) is 5.13 Å². The smallest absolute Gasteiger partial charge is 0.301 e. The molecule has 4 aromatic rings. The van der Waals surface area contributed by atoms with Crippen molar-refractivity contribution < 1.29 is 14.7 Å². The second-order valence-corrected chi connectivity index (χ2v) is 10.4. The molecule has 0 spiro atoms. The van der Waals surface area contributed by atoms with Crippen LogP contribution >= 0.6 is 27.3 Å². The summed E-state index contributed by atoms with van der Waals surface area (Å²) in [7, 11) is 0. The monoisotopic (exact) mass is 532 g/mol. The zero-order valence-corrected chi connectivity index (χ0v) is 21.2. The van der Waals surface area contributed by atoms with E-state index in [0.717, 1.165) is 31.4 Å². The number of amides is 1. The van der Waals surface area contributed by atoms with Crippen LogP contribution in [0.3, 0.4) is 0 Å². The lowest BCUT2D eigenvalue weighted by molar-refractivity contribution is -0.132. The van der Waals surface area contributed by atoms with Gasteiger partial charge in [-0.25, -0.2) is 4.98 Å². The number of aryl methyl sites for hydroxylation is 3. The Morgan fingerprint density at radius 1 is 1.00 bits per heavy atom. The molecule has 1 saturated heterocycles. The molecule has 1 aliphatic heterocycles. The number of anilines is 1. The molecule has 1 amide bonds. The van der Waals surface area contributed by atoms with Gasteiger partial charge in [0.05, 0.1) is 21.8 Å². The van der Waals surface area contributed by atoms with E-state index in [0.29, 0.717) is 16.3 Å². The lowest BCUT2D eigenvalue weighted by atomic mass is 9.95. The van der Waals surface area contributed by atoms with Crippen molar-refractivity contribution in [2.75, 3.05) is 4.90 Å². The van der Waals surface area contributed by atoms with Crippen molar-refractivity contribution in [1.82, 2.24) is 4.98 Å². The molecule has 5 nitrogen and oxygen atoms in total. The summed E-state index contributed by atoms with van der Waals surface area (Å²) in [6, 6.07) is 17.9. The molecule has 1 unspecified atom stereocenters. The van der Waals surface area contributed by atoms with Crippen LogP contribution in [0.5, 0.6) is 0 Å². The number of fused-ring (bicyclic) bond motifs is 1. The summed E-state index contributed by atoms with van der Waals surface area (Å²) in [5.41, 5.74) is 5.19. The molecule has 1 atom stereocenters. The van der Waals surface area contributed by atoms with Gasteiger partial charge in [0, 0.05) is 10.0 Å². The number of ketones is 1.